The highest BCUT2D eigenvalue weighted by atomic mass is 16.2. The van der Waals surface area contributed by atoms with Crippen LogP contribution in [0.2, 0.25) is 0 Å². The number of quaternary nitrogens is 1. The van der Waals surface area contributed by atoms with E-state index in [9.17, 15) is 14.9 Å². The Bertz CT molecular complexity index is 694. The van der Waals surface area contributed by atoms with Gasteiger partial charge in [-0.1, -0.05) is 0 Å². The van der Waals surface area contributed by atoms with E-state index in [0.717, 1.165) is 63.1 Å². The van der Waals surface area contributed by atoms with Crippen molar-refractivity contribution in [3.63, 3.8) is 0 Å². The number of amides is 1. The van der Waals surface area contributed by atoms with Crippen molar-refractivity contribution in [2.45, 2.75) is 38.1 Å². The van der Waals surface area contributed by atoms with E-state index in [-0.39, 0.29) is 11.7 Å². The van der Waals surface area contributed by atoms with Crippen LogP contribution in [-0.4, -0.2) is 50.0 Å². The lowest BCUT2D eigenvalue weighted by atomic mass is 10.00. The van der Waals surface area contributed by atoms with Crippen LogP contribution >= 0.6 is 0 Å². The predicted octanol–water partition coefficient (Wildman–Crippen LogP) is 0.547. The highest BCUT2D eigenvalue weighted by molar-refractivity contribution is 5.94. The molecule has 2 fully saturated rings. The Kier molecular flexibility index (Phi) is 5.58. The molecule has 1 aliphatic carbocycles. The first-order valence-electron chi connectivity index (χ1n) is 9.43. The molecule has 2 aliphatic rings. The third-order valence-corrected chi connectivity index (χ3v) is 5.57. The first kappa shape index (κ1) is 18.4. The van der Waals surface area contributed by atoms with Crippen LogP contribution in [0.5, 0.6) is 0 Å². The van der Waals surface area contributed by atoms with Crippen LogP contribution in [-0.2, 0) is 4.79 Å². The van der Waals surface area contributed by atoms with E-state index in [2.05, 4.69) is 16.3 Å². The number of hydrogen-bond acceptors (Lipinski definition) is 4. The molecule has 2 N–H and O–H groups in total. The van der Waals surface area contributed by atoms with Crippen LogP contribution in [0.3, 0.4) is 0 Å². The number of nitrogens with one attached hydrogen (secondary N) is 2. The monoisotopic (exact) mass is 355 g/mol. The van der Waals surface area contributed by atoms with E-state index in [1.807, 2.05) is 24.3 Å². The summed E-state index contributed by atoms with van der Waals surface area (Å²) in [5, 5.41) is 12.4. The molecule has 1 aromatic rings. The topological polar surface area (TPSA) is 77.6 Å². The summed E-state index contributed by atoms with van der Waals surface area (Å²) in [5.74, 6) is 0.0666. The van der Waals surface area contributed by atoms with Crippen molar-refractivity contribution >= 4 is 17.4 Å². The fraction of sp³-hybridized carbons (Fsp3) is 0.550. The predicted molar refractivity (Wildman–Crippen MR) is 99.2 cm³/mol. The molecule has 3 rings (SSSR count). The maximum absolute atomic E-state index is 12.4. The molecule has 1 aromatic carbocycles. The molecule has 6 nitrogen and oxygen atoms in total. The molecule has 1 saturated carbocycles. The van der Waals surface area contributed by atoms with Crippen molar-refractivity contribution in [3.05, 3.63) is 29.8 Å². The highest BCUT2D eigenvalue weighted by Crippen LogP contribution is 2.28. The van der Waals surface area contributed by atoms with Crippen LogP contribution in [0.1, 0.15) is 43.0 Å². The standard InChI is InChI=1S/C20H26N4O2/c1-16(25)17-4-6-18(7-5-17)24-12-10-23(11-13-24)14-19(26)22-20(15-21)8-2-3-9-20/h4-7H,2-3,8-14H2,1H3,(H,22,26)/p+1. The second kappa shape index (κ2) is 7.88. The Morgan fingerprint density at radius 3 is 2.35 bits per heavy atom. The molecule has 1 heterocycles. The summed E-state index contributed by atoms with van der Waals surface area (Å²) in [5.41, 5.74) is 1.22. The fourth-order valence-corrected chi connectivity index (χ4v) is 3.95. The van der Waals surface area contributed by atoms with Gasteiger partial charge >= 0.3 is 0 Å². The molecule has 0 unspecified atom stereocenters. The quantitative estimate of drug-likeness (QED) is 0.756. The Balaban J connectivity index is 1.48. The molecule has 1 aliphatic heterocycles. The fourth-order valence-electron chi connectivity index (χ4n) is 3.95. The Morgan fingerprint density at radius 1 is 1.19 bits per heavy atom. The van der Waals surface area contributed by atoms with Crippen LogP contribution in [0.4, 0.5) is 5.69 Å². The molecule has 1 amide bonds. The summed E-state index contributed by atoms with van der Waals surface area (Å²) in [4.78, 5) is 27.3. The summed E-state index contributed by atoms with van der Waals surface area (Å²) >= 11 is 0. The van der Waals surface area contributed by atoms with E-state index in [1.54, 1.807) is 6.92 Å². The van der Waals surface area contributed by atoms with E-state index >= 15 is 0 Å². The van der Waals surface area contributed by atoms with Gasteiger partial charge in [0.15, 0.2) is 12.3 Å². The second-order valence-electron chi connectivity index (χ2n) is 7.47. The first-order valence-corrected chi connectivity index (χ1v) is 9.43. The summed E-state index contributed by atoms with van der Waals surface area (Å²) in [7, 11) is 0. The number of rotatable bonds is 5. The Hall–Kier alpha value is -2.39. The van der Waals surface area contributed by atoms with Crippen molar-refractivity contribution in [1.82, 2.24) is 5.32 Å². The Labute approximate surface area is 154 Å². The minimum atomic E-state index is -0.628. The van der Waals surface area contributed by atoms with E-state index in [0.29, 0.717) is 6.54 Å². The number of carbonyl (C=O) groups excluding carboxylic acids is 2. The minimum Gasteiger partial charge on any atom is -0.360 e. The third-order valence-electron chi connectivity index (χ3n) is 5.57. The minimum absolute atomic E-state index is 0.0114. The summed E-state index contributed by atoms with van der Waals surface area (Å²) in [6, 6.07) is 10.0. The molecule has 1 saturated heterocycles. The van der Waals surface area contributed by atoms with Gasteiger partial charge in [-0.15, -0.1) is 0 Å². The molecule has 6 heteroatoms. The molecule has 0 atom stereocenters. The summed E-state index contributed by atoms with van der Waals surface area (Å²) in [6.07, 6.45) is 3.58. The van der Waals surface area contributed by atoms with Crippen LogP contribution < -0.4 is 15.1 Å². The Morgan fingerprint density at radius 2 is 1.81 bits per heavy atom. The van der Waals surface area contributed by atoms with Gasteiger partial charge in [0.1, 0.15) is 5.54 Å². The van der Waals surface area contributed by atoms with Crippen LogP contribution in [0.25, 0.3) is 0 Å². The molecule has 26 heavy (non-hydrogen) atoms. The number of Topliss-reactive ketones (excluding diaryl/α,β-unsaturated/α-hetero) is 1. The summed E-state index contributed by atoms with van der Waals surface area (Å²) < 4.78 is 0. The second-order valence-corrected chi connectivity index (χ2v) is 7.47. The number of nitriles is 1. The molecule has 0 radical (unpaired) electrons. The zero-order valence-corrected chi connectivity index (χ0v) is 15.4. The van der Waals surface area contributed by atoms with Gasteiger partial charge in [-0.3, -0.25) is 9.59 Å². The van der Waals surface area contributed by atoms with Gasteiger partial charge in [-0.2, -0.15) is 5.26 Å². The number of nitrogens with zero attached hydrogens (tertiary/aromatic N) is 2. The molecule has 0 bridgehead atoms. The van der Waals surface area contributed by atoms with Gasteiger partial charge in [0.2, 0.25) is 0 Å². The smallest absolute Gasteiger partial charge is 0.276 e. The average molecular weight is 355 g/mol. The van der Waals surface area contributed by atoms with Crippen molar-refractivity contribution in [1.29, 1.82) is 5.26 Å². The van der Waals surface area contributed by atoms with E-state index < -0.39 is 5.54 Å². The van der Waals surface area contributed by atoms with Gasteiger partial charge in [0, 0.05) is 11.3 Å². The van der Waals surface area contributed by atoms with Crippen LogP contribution in [0, 0.1) is 11.3 Å². The summed E-state index contributed by atoms with van der Waals surface area (Å²) in [6.45, 7) is 5.55. The van der Waals surface area contributed by atoms with E-state index in [4.69, 9.17) is 0 Å². The zero-order chi connectivity index (χ0) is 18.6. The first-order chi connectivity index (χ1) is 12.5. The number of carbonyl (C=O) groups is 2. The van der Waals surface area contributed by atoms with Crippen molar-refractivity contribution < 1.29 is 14.5 Å². The molecular weight excluding hydrogens is 328 g/mol. The number of hydrogen-bond donors (Lipinski definition) is 2. The lowest BCUT2D eigenvalue weighted by Crippen LogP contribution is -3.16. The number of ketones is 1. The average Bonchev–Trinajstić information content (AvgIpc) is 3.11. The van der Waals surface area contributed by atoms with Gasteiger partial charge in [-0.25, -0.2) is 0 Å². The molecular formula is C20H27N4O2+. The van der Waals surface area contributed by atoms with Gasteiger partial charge in [-0.05, 0) is 56.9 Å². The number of piperazine rings is 1. The van der Waals surface area contributed by atoms with Crippen molar-refractivity contribution in [2.24, 2.45) is 0 Å². The number of benzene rings is 1. The normalized spacial score (nSPS) is 19.8. The maximum atomic E-state index is 12.4. The van der Waals surface area contributed by atoms with Gasteiger partial charge < -0.3 is 15.1 Å². The van der Waals surface area contributed by atoms with Gasteiger partial charge in [0.25, 0.3) is 5.91 Å². The largest absolute Gasteiger partial charge is 0.360 e. The molecule has 0 aromatic heterocycles. The van der Waals surface area contributed by atoms with Crippen molar-refractivity contribution in [2.75, 3.05) is 37.6 Å². The number of anilines is 1. The maximum Gasteiger partial charge on any atom is 0.276 e. The van der Waals surface area contributed by atoms with Crippen LogP contribution in [0.15, 0.2) is 24.3 Å². The lowest BCUT2D eigenvalue weighted by Gasteiger charge is -2.34. The molecule has 138 valence electrons. The molecule has 0 spiro atoms. The van der Waals surface area contributed by atoms with Crippen molar-refractivity contribution in [3.8, 4) is 6.07 Å². The van der Waals surface area contributed by atoms with E-state index in [1.165, 1.54) is 4.90 Å². The van der Waals surface area contributed by atoms with Gasteiger partial charge in [0.05, 0.1) is 32.2 Å². The lowest BCUT2D eigenvalue weighted by molar-refractivity contribution is -0.892. The third kappa shape index (κ3) is 4.23. The zero-order valence-electron chi connectivity index (χ0n) is 15.4. The highest BCUT2D eigenvalue weighted by Gasteiger charge is 2.36. The SMILES string of the molecule is CC(=O)c1ccc(N2CC[NH+](CC(=O)NC3(C#N)CCCC3)CC2)cc1.